The summed E-state index contributed by atoms with van der Waals surface area (Å²) in [5.74, 6) is 1.42. The first-order valence-corrected chi connectivity index (χ1v) is 7.83. The summed E-state index contributed by atoms with van der Waals surface area (Å²) < 4.78 is 2.27. The molecule has 0 radical (unpaired) electrons. The van der Waals surface area contributed by atoms with Gasteiger partial charge in [0.15, 0.2) is 0 Å². The molecular formula is C15H26Cl2N4O. The monoisotopic (exact) mass is 348 g/mol. The first kappa shape index (κ1) is 19.3. The molecule has 1 aromatic heterocycles. The van der Waals surface area contributed by atoms with Gasteiger partial charge in [0, 0.05) is 31.9 Å². The summed E-state index contributed by atoms with van der Waals surface area (Å²) in [4.78, 5) is 19.0. The van der Waals surface area contributed by atoms with E-state index in [0.29, 0.717) is 11.9 Å². The topological polar surface area (TPSA) is 50.2 Å². The molecule has 2 atom stereocenters. The number of hydrogen-bond acceptors (Lipinski definition) is 3. The Hall–Kier alpha value is -0.780. The maximum Gasteiger partial charge on any atom is 0.239 e. The Bertz CT molecular complexity index is 474. The minimum atomic E-state index is 0. The van der Waals surface area contributed by atoms with Crippen molar-refractivity contribution in [3.8, 4) is 0 Å². The first-order valence-electron chi connectivity index (χ1n) is 7.83. The molecule has 0 spiro atoms. The number of rotatable bonds is 3. The molecule has 2 aliphatic heterocycles. The number of carbonyl (C=O) groups is 1. The van der Waals surface area contributed by atoms with Crippen LogP contribution in [0.1, 0.15) is 44.5 Å². The normalized spacial score (nSPS) is 24.5. The summed E-state index contributed by atoms with van der Waals surface area (Å²) >= 11 is 0. The van der Waals surface area contributed by atoms with E-state index in [1.165, 1.54) is 0 Å². The summed E-state index contributed by atoms with van der Waals surface area (Å²) in [6.45, 7) is 4.85. The van der Waals surface area contributed by atoms with Gasteiger partial charge in [-0.05, 0) is 32.2 Å². The predicted octanol–water partition coefficient (Wildman–Crippen LogP) is 2.20. The van der Waals surface area contributed by atoms with E-state index in [-0.39, 0.29) is 30.9 Å². The molecule has 2 saturated heterocycles. The van der Waals surface area contributed by atoms with E-state index >= 15 is 0 Å². The molecule has 0 bridgehead atoms. The molecule has 3 rings (SSSR count). The molecule has 7 heteroatoms. The number of aryl methyl sites for hydroxylation is 1. The zero-order chi connectivity index (χ0) is 13.9. The van der Waals surface area contributed by atoms with Gasteiger partial charge < -0.3 is 14.8 Å². The summed E-state index contributed by atoms with van der Waals surface area (Å²) in [5, 5.41) is 3.32. The van der Waals surface area contributed by atoms with Crippen LogP contribution in [0.25, 0.3) is 0 Å². The molecule has 1 N–H and O–H groups in total. The number of likely N-dealkylation sites (tertiary alicyclic amines) is 1. The third-order valence-electron chi connectivity index (χ3n) is 4.53. The third kappa shape index (κ3) is 3.94. The van der Waals surface area contributed by atoms with Gasteiger partial charge in [-0.25, -0.2) is 4.98 Å². The maximum atomic E-state index is 12.5. The lowest BCUT2D eigenvalue weighted by molar-refractivity contribution is -0.134. The number of carbonyl (C=O) groups excluding carboxylic acids is 1. The lowest BCUT2D eigenvalue weighted by Gasteiger charge is -2.35. The highest BCUT2D eigenvalue weighted by atomic mass is 35.5. The lowest BCUT2D eigenvalue weighted by atomic mass is 10.0. The van der Waals surface area contributed by atoms with Crippen molar-refractivity contribution in [2.75, 3.05) is 19.6 Å². The minimum absolute atomic E-state index is 0. The van der Waals surface area contributed by atoms with E-state index in [1.54, 1.807) is 0 Å². The van der Waals surface area contributed by atoms with Gasteiger partial charge in [-0.15, -0.1) is 24.8 Å². The molecule has 22 heavy (non-hydrogen) atoms. The summed E-state index contributed by atoms with van der Waals surface area (Å²) in [5.41, 5.74) is 0. The molecule has 0 aliphatic carbocycles. The quantitative estimate of drug-likeness (QED) is 0.910. The first-order chi connectivity index (χ1) is 9.79. The largest absolute Gasteiger partial charge is 0.339 e. The number of imidazole rings is 1. The fourth-order valence-electron chi connectivity index (χ4n) is 3.45. The second kappa shape index (κ2) is 8.75. The van der Waals surface area contributed by atoms with Gasteiger partial charge in [0.25, 0.3) is 0 Å². The van der Waals surface area contributed by atoms with Gasteiger partial charge >= 0.3 is 0 Å². The molecule has 1 amide bonds. The zero-order valence-electron chi connectivity index (χ0n) is 13.0. The van der Waals surface area contributed by atoms with Crippen LogP contribution < -0.4 is 5.32 Å². The van der Waals surface area contributed by atoms with Crippen LogP contribution in [0.3, 0.4) is 0 Å². The van der Waals surface area contributed by atoms with Gasteiger partial charge in [0.1, 0.15) is 5.82 Å². The van der Waals surface area contributed by atoms with Gasteiger partial charge in [-0.3, -0.25) is 4.79 Å². The van der Waals surface area contributed by atoms with Crippen molar-refractivity contribution in [3.05, 3.63) is 18.2 Å². The zero-order valence-corrected chi connectivity index (χ0v) is 14.7. The van der Waals surface area contributed by atoms with Crippen molar-refractivity contribution in [3.63, 3.8) is 0 Å². The highest BCUT2D eigenvalue weighted by Crippen LogP contribution is 2.24. The number of piperidine rings is 1. The van der Waals surface area contributed by atoms with Gasteiger partial charge in [0.05, 0.1) is 12.1 Å². The molecule has 0 saturated carbocycles. The lowest BCUT2D eigenvalue weighted by Crippen LogP contribution is -2.48. The van der Waals surface area contributed by atoms with Crippen molar-refractivity contribution in [2.24, 2.45) is 0 Å². The molecule has 3 heterocycles. The average molecular weight is 349 g/mol. The van der Waals surface area contributed by atoms with E-state index in [4.69, 9.17) is 0 Å². The summed E-state index contributed by atoms with van der Waals surface area (Å²) in [6.07, 6.45) is 9.22. The molecule has 126 valence electrons. The Morgan fingerprint density at radius 2 is 2.18 bits per heavy atom. The fourth-order valence-corrected chi connectivity index (χ4v) is 3.45. The highest BCUT2D eigenvalue weighted by molar-refractivity contribution is 5.85. The number of aromatic nitrogens is 2. The van der Waals surface area contributed by atoms with Crippen molar-refractivity contribution < 1.29 is 4.79 Å². The van der Waals surface area contributed by atoms with Crippen molar-refractivity contribution >= 4 is 30.7 Å². The van der Waals surface area contributed by atoms with E-state index in [0.717, 1.165) is 57.6 Å². The second-order valence-electron chi connectivity index (χ2n) is 5.83. The van der Waals surface area contributed by atoms with Crippen molar-refractivity contribution in [2.45, 2.75) is 51.1 Å². The standard InChI is InChI=1S/C15H24N4O.2ClH/c1-2-14-17-8-10-19(14)12-5-4-9-18(11-12)15(20)13-6-3-7-16-13;;/h8,10,12-13,16H,2-7,9,11H2,1H3;2*1H. The summed E-state index contributed by atoms with van der Waals surface area (Å²) in [6, 6.07) is 0.453. The Morgan fingerprint density at radius 1 is 1.36 bits per heavy atom. The molecule has 2 aliphatic rings. The van der Waals surface area contributed by atoms with E-state index in [2.05, 4.69) is 32.9 Å². The number of hydrogen-bond donors (Lipinski definition) is 1. The van der Waals surface area contributed by atoms with Crippen LogP contribution >= 0.6 is 24.8 Å². The van der Waals surface area contributed by atoms with Gasteiger partial charge in [0.2, 0.25) is 5.91 Å². The molecular weight excluding hydrogens is 323 g/mol. The van der Waals surface area contributed by atoms with Gasteiger partial charge in [-0.1, -0.05) is 6.92 Å². The molecule has 0 aromatic carbocycles. The predicted molar refractivity (Wildman–Crippen MR) is 92.0 cm³/mol. The Balaban J connectivity index is 0.00000121. The van der Waals surface area contributed by atoms with Crippen LogP contribution in [-0.4, -0.2) is 46.0 Å². The number of amides is 1. The van der Waals surface area contributed by atoms with Crippen LogP contribution in [0.15, 0.2) is 12.4 Å². The number of halogens is 2. The van der Waals surface area contributed by atoms with Crippen LogP contribution in [0.4, 0.5) is 0 Å². The van der Waals surface area contributed by atoms with Crippen LogP contribution in [0, 0.1) is 0 Å². The van der Waals surface area contributed by atoms with Gasteiger partial charge in [-0.2, -0.15) is 0 Å². The fraction of sp³-hybridized carbons (Fsp3) is 0.733. The highest BCUT2D eigenvalue weighted by Gasteiger charge is 2.31. The molecule has 5 nitrogen and oxygen atoms in total. The molecule has 1 aromatic rings. The second-order valence-corrected chi connectivity index (χ2v) is 5.83. The Kier molecular flexibility index (Phi) is 7.66. The van der Waals surface area contributed by atoms with Crippen LogP contribution in [0.5, 0.6) is 0 Å². The van der Waals surface area contributed by atoms with E-state index < -0.39 is 0 Å². The molecule has 2 unspecified atom stereocenters. The average Bonchev–Trinajstić information content (AvgIpc) is 3.17. The van der Waals surface area contributed by atoms with E-state index in [1.807, 2.05) is 6.20 Å². The number of nitrogens with one attached hydrogen (secondary N) is 1. The minimum Gasteiger partial charge on any atom is -0.339 e. The SMILES string of the molecule is CCc1nccn1C1CCCN(C(=O)C2CCCN2)C1.Cl.Cl. The Morgan fingerprint density at radius 3 is 2.86 bits per heavy atom. The third-order valence-corrected chi connectivity index (χ3v) is 4.53. The van der Waals surface area contributed by atoms with E-state index in [9.17, 15) is 4.79 Å². The van der Waals surface area contributed by atoms with Crippen molar-refractivity contribution in [1.82, 2.24) is 19.8 Å². The Labute approximate surface area is 144 Å². The maximum absolute atomic E-state index is 12.5. The van der Waals surface area contributed by atoms with Crippen molar-refractivity contribution in [1.29, 1.82) is 0 Å². The summed E-state index contributed by atoms with van der Waals surface area (Å²) in [7, 11) is 0. The smallest absolute Gasteiger partial charge is 0.239 e. The molecule has 2 fully saturated rings. The van der Waals surface area contributed by atoms with Crippen LogP contribution in [0.2, 0.25) is 0 Å². The van der Waals surface area contributed by atoms with Crippen LogP contribution in [-0.2, 0) is 11.2 Å². The number of nitrogens with zero attached hydrogens (tertiary/aromatic N) is 3.